The van der Waals surface area contributed by atoms with Crippen molar-refractivity contribution in [2.75, 3.05) is 20.7 Å². The molecule has 2 amide bonds. The summed E-state index contributed by atoms with van der Waals surface area (Å²) < 4.78 is 70.3. The van der Waals surface area contributed by atoms with Gasteiger partial charge in [0.05, 0.1) is 45.5 Å². The second-order valence-corrected chi connectivity index (χ2v) is 22.2. The third kappa shape index (κ3) is 15.6. The summed E-state index contributed by atoms with van der Waals surface area (Å²) in [7, 11) is -10.0. The lowest BCUT2D eigenvalue weighted by Crippen LogP contribution is -2.29. The minimum atomic E-state index is -5.02. The van der Waals surface area contributed by atoms with E-state index < -0.39 is 53.9 Å². The quantitative estimate of drug-likeness (QED) is 0.0272. The summed E-state index contributed by atoms with van der Waals surface area (Å²) in [6.07, 6.45) is 0. The molecule has 86 heavy (non-hydrogen) atoms. The zero-order chi connectivity index (χ0) is 61.7. The number of guanidine groups is 2. The number of rotatable bonds is 13. The Bertz CT molecular complexity index is 3980. The summed E-state index contributed by atoms with van der Waals surface area (Å²) in [5, 5.41) is 33.1. The number of amides is 2. The van der Waals surface area contributed by atoms with Crippen LogP contribution in [0.3, 0.4) is 0 Å². The molecule has 0 saturated carbocycles. The molecule has 8 aromatic carbocycles. The number of aryl methyl sites for hydroxylation is 4. The maximum absolute atomic E-state index is 13.0. The van der Waals surface area contributed by atoms with Crippen LogP contribution in [-0.4, -0.2) is 73.2 Å². The Balaban J connectivity index is 0.000000216. The molecular formula is C62H60N14O8S2. The Kier molecular flexibility index (Phi) is 19.6. The molecule has 2 unspecified atom stereocenters. The van der Waals surface area contributed by atoms with E-state index in [1.165, 1.54) is 22.2 Å². The van der Waals surface area contributed by atoms with Gasteiger partial charge in [0.25, 0.3) is 32.1 Å². The average Bonchev–Trinajstić information content (AvgIpc) is 1.85. The molecule has 2 aliphatic heterocycles. The first-order valence-electron chi connectivity index (χ1n) is 26.4. The predicted molar refractivity (Wildman–Crippen MR) is 337 cm³/mol. The van der Waals surface area contributed by atoms with E-state index in [1.807, 2.05) is 125 Å². The van der Waals surface area contributed by atoms with E-state index in [0.717, 1.165) is 69.3 Å². The molecule has 2 aliphatic rings. The van der Waals surface area contributed by atoms with Crippen LogP contribution in [0.4, 0.5) is 45.5 Å². The van der Waals surface area contributed by atoms with Crippen LogP contribution >= 0.6 is 0 Å². The van der Waals surface area contributed by atoms with Gasteiger partial charge >= 0.3 is 0 Å². The molecule has 22 nitrogen and oxygen atoms in total. The van der Waals surface area contributed by atoms with Crippen LogP contribution < -0.4 is 32.1 Å². The molecule has 0 spiro atoms. The lowest BCUT2D eigenvalue weighted by Gasteiger charge is -2.13. The third-order valence-electron chi connectivity index (χ3n) is 13.1. The van der Waals surface area contributed by atoms with Gasteiger partial charge in [-0.05, 0) is 137 Å². The van der Waals surface area contributed by atoms with Crippen molar-refractivity contribution in [1.29, 1.82) is 0 Å². The second-order valence-electron chi connectivity index (χ2n) is 19.4. The van der Waals surface area contributed by atoms with Crippen molar-refractivity contribution >= 4 is 101 Å². The van der Waals surface area contributed by atoms with E-state index in [2.05, 4.69) is 51.3 Å². The number of hydrazone groups is 2. The van der Waals surface area contributed by atoms with Crippen LogP contribution in [0.25, 0.3) is 11.1 Å². The number of aliphatic imine (C=N–C) groups is 2. The van der Waals surface area contributed by atoms with Gasteiger partial charge in [0.1, 0.15) is 9.79 Å². The van der Waals surface area contributed by atoms with Crippen molar-refractivity contribution in [2.45, 2.75) is 63.4 Å². The lowest BCUT2D eigenvalue weighted by molar-refractivity contribution is -0.118. The summed E-state index contributed by atoms with van der Waals surface area (Å²) >= 11 is 0. The maximum Gasteiger partial charge on any atom is 0.295 e. The second kappa shape index (κ2) is 27.3. The predicted octanol–water partition coefficient (Wildman–Crippen LogP) is 12.3. The van der Waals surface area contributed by atoms with Gasteiger partial charge in [0.2, 0.25) is 0 Å². The van der Waals surface area contributed by atoms with Crippen molar-refractivity contribution < 1.29 is 35.5 Å². The molecule has 0 aliphatic carbocycles. The molecule has 2 atom stereocenters. The number of carbonyl (C=O) groups is 2. The Morgan fingerprint density at radius 3 is 1.12 bits per heavy atom. The van der Waals surface area contributed by atoms with Crippen LogP contribution in [0.2, 0.25) is 0 Å². The number of nitrogens with zero attached hydrogens (tertiary/aromatic N) is 10. The number of benzene rings is 8. The Morgan fingerprint density at radius 1 is 0.453 bits per heavy atom. The van der Waals surface area contributed by atoms with Crippen LogP contribution in [0.5, 0.6) is 0 Å². The highest BCUT2D eigenvalue weighted by Gasteiger charge is 2.36. The highest BCUT2D eigenvalue weighted by molar-refractivity contribution is 7.86. The number of hydrogen-bond acceptors (Lipinski definition) is 14. The molecule has 8 N–H and O–H groups in total. The maximum atomic E-state index is 13.0. The first-order chi connectivity index (χ1) is 41.0. The molecular weight excluding hydrogens is 1130 g/mol. The molecule has 24 heteroatoms. The normalized spacial score (nSPS) is 15.4. The fraction of sp³-hybridized carbons (Fsp3) is 0.129. The molecule has 0 fully saturated rings. The molecule has 8 aromatic rings. The number of nitrogens with two attached hydrogens (primary N) is 2. The fourth-order valence-corrected chi connectivity index (χ4v) is 10.0. The van der Waals surface area contributed by atoms with Gasteiger partial charge < -0.3 is 22.1 Å². The standard InChI is InChI=1S/C32H26N8O8S2.2C15H17N3/c1-19-29(31(41)39(37-19)23-9-5-3-6-10-23)35-33-21-13-15-25(27(17-21)49(43,44)45)26-16-14-22(18-28(26)50(46,47)48)34-36-30-20(2)38-40(32(30)42)24-11-7-4-8-12-24;2*1-11-7-3-5-9-13(11)17-15(16)18-14-10-6-4-8-12(14)2/h3-18,29-30H,1-2H3,(H,43,44,45)(H,46,47,48);2*3-10H,1-2H3,(H3,16,17,18). The molecule has 10 rings (SSSR count). The number of hydrogen-bond donors (Lipinski definition) is 6. The SMILES string of the molecule is CC1=NN(c2ccccc2)C(=O)C1N=Nc1ccc(-c2ccc(N=NC3C(=O)N(c4ccccc4)N=C3C)cc2S(=O)(=O)O)c(S(=O)(=O)O)c1.Cc1ccccc1N=C(N)Nc1ccccc1C.Cc1ccccc1N=C(N)Nc1ccccc1C. The molecule has 0 saturated heterocycles. The van der Waals surface area contributed by atoms with Crippen LogP contribution in [-0.2, 0) is 29.8 Å². The molecule has 0 radical (unpaired) electrons. The van der Waals surface area contributed by atoms with Crippen molar-refractivity contribution in [3.8, 4) is 11.1 Å². The molecule has 0 bridgehead atoms. The van der Waals surface area contributed by atoms with Crippen molar-refractivity contribution in [3.63, 3.8) is 0 Å². The zero-order valence-corrected chi connectivity index (χ0v) is 49.1. The van der Waals surface area contributed by atoms with Crippen molar-refractivity contribution in [1.82, 2.24) is 0 Å². The lowest BCUT2D eigenvalue weighted by atomic mass is 10.0. The number of carbonyl (C=O) groups excluding carboxylic acids is 2. The summed E-state index contributed by atoms with van der Waals surface area (Å²) in [5.41, 5.74) is 20.9. The number of nitrogens with one attached hydrogen (secondary N) is 2. The highest BCUT2D eigenvalue weighted by Crippen LogP contribution is 2.38. The molecule has 438 valence electrons. The summed E-state index contributed by atoms with van der Waals surface area (Å²) in [5.74, 6) is -0.183. The van der Waals surface area contributed by atoms with E-state index in [9.17, 15) is 35.5 Å². The van der Waals surface area contributed by atoms with Gasteiger partial charge in [0.15, 0.2) is 24.0 Å². The van der Waals surface area contributed by atoms with Crippen LogP contribution in [0.15, 0.2) is 245 Å². The van der Waals surface area contributed by atoms with E-state index >= 15 is 0 Å². The third-order valence-corrected chi connectivity index (χ3v) is 14.9. The first-order valence-corrected chi connectivity index (χ1v) is 29.3. The Hall–Kier alpha value is -10.4. The summed E-state index contributed by atoms with van der Waals surface area (Å²) in [6.45, 7) is 11.3. The summed E-state index contributed by atoms with van der Waals surface area (Å²) in [4.78, 5) is 33.2. The van der Waals surface area contributed by atoms with E-state index in [-0.39, 0.29) is 22.5 Å². The van der Waals surface area contributed by atoms with Gasteiger partial charge in [0, 0.05) is 22.5 Å². The van der Waals surface area contributed by atoms with Gasteiger partial charge in [-0.1, -0.05) is 121 Å². The monoisotopic (exact) mass is 1190 g/mol. The Labute approximate surface area is 497 Å². The van der Waals surface area contributed by atoms with Crippen molar-refractivity contribution in [3.05, 3.63) is 216 Å². The minimum absolute atomic E-state index is 0.0956. The van der Waals surface area contributed by atoms with Gasteiger partial charge in [-0.25, -0.2) is 9.98 Å². The number of para-hydroxylation sites is 6. The van der Waals surface area contributed by atoms with Crippen LogP contribution in [0.1, 0.15) is 36.1 Å². The van der Waals surface area contributed by atoms with Gasteiger partial charge in [-0.2, -0.15) is 57.5 Å². The summed E-state index contributed by atoms with van der Waals surface area (Å²) in [6, 6.07) is 53.5. The largest absolute Gasteiger partial charge is 0.369 e. The van der Waals surface area contributed by atoms with E-state index in [0.29, 0.717) is 34.7 Å². The number of anilines is 4. The smallest absolute Gasteiger partial charge is 0.295 e. The van der Waals surface area contributed by atoms with Crippen molar-refractivity contribution in [2.24, 2.45) is 52.1 Å². The first kappa shape index (κ1) is 61.7. The average molecular weight is 1190 g/mol. The van der Waals surface area contributed by atoms with Gasteiger partial charge in [-0.15, -0.1) is 0 Å². The highest BCUT2D eigenvalue weighted by atomic mass is 32.2. The fourth-order valence-electron chi connectivity index (χ4n) is 8.55. The van der Waals surface area contributed by atoms with E-state index in [4.69, 9.17) is 11.5 Å². The Morgan fingerprint density at radius 2 is 0.779 bits per heavy atom. The number of azo groups is 2. The molecule has 0 aromatic heterocycles. The zero-order valence-electron chi connectivity index (χ0n) is 47.4. The topological polar surface area (TPSA) is 324 Å². The van der Waals surface area contributed by atoms with E-state index in [1.54, 1.807) is 74.5 Å². The van der Waals surface area contributed by atoms with Gasteiger partial charge in [-0.3, -0.25) is 18.7 Å². The molecule has 2 heterocycles. The van der Waals surface area contributed by atoms with Crippen LogP contribution in [0, 0.1) is 27.7 Å². The minimum Gasteiger partial charge on any atom is -0.369 e.